The van der Waals surface area contributed by atoms with Crippen LogP contribution in [0.2, 0.25) is 5.02 Å². The summed E-state index contributed by atoms with van der Waals surface area (Å²) >= 11 is 9.48. The molecule has 1 aromatic rings. The van der Waals surface area contributed by atoms with E-state index in [0.29, 0.717) is 0 Å². The van der Waals surface area contributed by atoms with E-state index in [2.05, 4.69) is 41.2 Å². The molecule has 1 aromatic carbocycles. The summed E-state index contributed by atoms with van der Waals surface area (Å²) in [6.07, 6.45) is 5.22. The molecule has 0 aliphatic rings. The fraction of sp³-hybridized carbons (Fsp3) is 0.600. The Morgan fingerprint density at radius 2 is 2.11 bits per heavy atom. The number of benzene rings is 1. The van der Waals surface area contributed by atoms with Crippen LogP contribution < -0.4 is 5.32 Å². The molecule has 1 unspecified atom stereocenters. The van der Waals surface area contributed by atoms with Gasteiger partial charge in [-0.2, -0.15) is 0 Å². The molecular formula is C15H23BrClN. The van der Waals surface area contributed by atoms with Crippen molar-refractivity contribution in [2.75, 3.05) is 6.54 Å². The second kappa shape index (κ2) is 8.95. The molecule has 102 valence electrons. The smallest absolute Gasteiger partial charge is 0.0551 e. The fourth-order valence-corrected chi connectivity index (χ4v) is 2.46. The molecule has 1 rings (SSSR count). The van der Waals surface area contributed by atoms with Gasteiger partial charge in [0.2, 0.25) is 0 Å². The van der Waals surface area contributed by atoms with Crippen molar-refractivity contribution < 1.29 is 0 Å². The number of halogens is 2. The van der Waals surface area contributed by atoms with Gasteiger partial charge in [0.1, 0.15) is 0 Å². The molecule has 1 nitrogen and oxygen atoms in total. The molecule has 0 radical (unpaired) electrons. The van der Waals surface area contributed by atoms with Crippen LogP contribution >= 0.6 is 27.5 Å². The Balaban J connectivity index is 2.33. The molecule has 0 fully saturated rings. The first kappa shape index (κ1) is 16.0. The number of hydrogen-bond donors (Lipinski definition) is 1. The van der Waals surface area contributed by atoms with Crippen molar-refractivity contribution in [2.24, 2.45) is 5.92 Å². The first-order valence-corrected chi connectivity index (χ1v) is 7.99. The van der Waals surface area contributed by atoms with E-state index >= 15 is 0 Å². The Hall–Kier alpha value is -0.0500. The molecule has 0 heterocycles. The van der Waals surface area contributed by atoms with E-state index in [1.54, 1.807) is 0 Å². The van der Waals surface area contributed by atoms with Gasteiger partial charge < -0.3 is 5.32 Å². The second-order valence-electron chi connectivity index (χ2n) is 4.80. The summed E-state index contributed by atoms with van der Waals surface area (Å²) in [7, 11) is 0. The summed E-state index contributed by atoms with van der Waals surface area (Å²) in [5, 5.41) is 4.32. The van der Waals surface area contributed by atoms with Gasteiger partial charge in [-0.05, 0) is 52.5 Å². The predicted octanol–water partition coefficient (Wildman–Crippen LogP) is 5.41. The van der Waals surface area contributed by atoms with Crippen LogP contribution in [0, 0.1) is 5.92 Å². The van der Waals surface area contributed by atoms with Crippen LogP contribution in [0.3, 0.4) is 0 Å². The molecule has 1 atom stereocenters. The summed E-state index contributed by atoms with van der Waals surface area (Å²) in [6.45, 7) is 6.53. The average molecular weight is 333 g/mol. The van der Waals surface area contributed by atoms with E-state index in [1.807, 2.05) is 12.1 Å². The number of unbranched alkanes of at least 4 members (excludes halogenated alkanes) is 1. The highest BCUT2D eigenvalue weighted by atomic mass is 79.9. The predicted molar refractivity (Wildman–Crippen MR) is 84.2 cm³/mol. The van der Waals surface area contributed by atoms with Gasteiger partial charge in [0.25, 0.3) is 0 Å². The van der Waals surface area contributed by atoms with Crippen LogP contribution in [0.4, 0.5) is 0 Å². The quantitative estimate of drug-likeness (QED) is 0.671. The van der Waals surface area contributed by atoms with E-state index in [1.165, 1.54) is 31.2 Å². The molecule has 0 saturated carbocycles. The molecule has 0 amide bonds. The van der Waals surface area contributed by atoms with Crippen LogP contribution in [-0.2, 0) is 6.54 Å². The average Bonchev–Trinajstić information content (AvgIpc) is 2.37. The van der Waals surface area contributed by atoms with Gasteiger partial charge in [-0.15, -0.1) is 0 Å². The Morgan fingerprint density at radius 3 is 2.72 bits per heavy atom. The van der Waals surface area contributed by atoms with Gasteiger partial charge in [0, 0.05) is 11.0 Å². The summed E-state index contributed by atoms with van der Waals surface area (Å²) in [5.41, 5.74) is 1.24. The molecular weight excluding hydrogens is 310 g/mol. The van der Waals surface area contributed by atoms with Crippen molar-refractivity contribution in [1.82, 2.24) is 5.32 Å². The number of nitrogens with one attached hydrogen (secondary N) is 1. The van der Waals surface area contributed by atoms with Gasteiger partial charge in [-0.1, -0.05) is 50.8 Å². The molecule has 3 heteroatoms. The molecule has 0 saturated heterocycles. The zero-order chi connectivity index (χ0) is 13.4. The van der Waals surface area contributed by atoms with Crippen molar-refractivity contribution in [3.8, 4) is 0 Å². The molecule has 0 spiro atoms. The number of rotatable bonds is 8. The lowest BCUT2D eigenvalue weighted by atomic mass is 9.99. The van der Waals surface area contributed by atoms with Crippen LogP contribution in [0.15, 0.2) is 22.7 Å². The van der Waals surface area contributed by atoms with Crippen molar-refractivity contribution in [2.45, 2.75) is 46.1 Å². The first-order chi connectivity index (χ1) is 8.67. The lowest BCUT2D eigenvalue weighted by Gasteiger charge is -2.15. The maximum absolute atomic E-state index is 6.08. The monoisotopic (exact) mass is 331 g/mol. The Morgan fingerprint density at radius 1 is 1.33 bits per heavy atom. The minimum atomic E-state index is 0.785. The highest BCUT2D eigenvalue weighted by Crippen LogP contribution is 2.23. The first-order valence-electron chi connectivity index (χ1n) is 6.82. The zero-order valence-electron chi connectivity index (χ0n) is 11.3. The van der Waals surface area contributed by atoms with E-state index in [0.717, 1.165) is 28.5 Å². The van der Waals surface area contributed by atoms with Gasteiger partial charge >= 0.3 is 0 Å². The van der Waals surface area contributed by atoms with E-state index in [-0.39, 0.29) is 0 Å². The van der Waals surface area contributed by atoms with Crippen LogP contribution in [-0.4, -0.2) is 6.54 Å². The SMILES string of the molecule is CCCCC(CC)CNCc1ccc(Br)c(Cl)c1. The van der Waals surface area contributed by atoms with Gasteiger partial charge in [0.05, 0.1) is 5.02 Å². The molecule has 0 aliphatic carbocycles. The lowest BCUT2D eigenvalue weighted by molar-refractivity contribution is 0.419. The van der Waals surface area contributed by atoms with Gasteiger partial charge in [-0.3, -0.25) is 0 Å². The molecule has 0 aromatic heterocycles. The maximum atomic E-state index is 6.08. The highest BCUT2D eigenvalue weighted by molar-refractivity contribution is 9.10. The number of hydrogen-bond acceptors (Lipinski definition) is 1. The topological polar surface area (TPSA) is 12.0 Å². The molecule has 0 bridgehead atoms. The minimum absolute atomic E-state index is 0.785. The Bertz CT molecular complexity index is 354. The van der Waals surface area contributed by atoms with Crippen LogP contribution in [0.1, 0.15) is 45.1 Å². The molecule has 1 N–H and O–H groups in total. The standard InChI is InChI=1S/C15H23BrClN/c1-3-5-6-12(4-2)10-18-11-13-7-8-14(16)15(17)9-13/h7-9,12,18H,3-6,10-11H2,1-2H3. The Kier molecular flexibility index (Phi) is 7.96. The van der Waals surface area contributed by atoms with Gasteiger partial charge in [-0.25, -0.2) is 0 Å². The third-order valence-corrected chi connectivity index (χ3v) is 4.52. The Labute approximate surface area is 124 Å². The van der Waals surface area contributed by atoms with E-state index in [9.17, 15) is 0 Å². The third-order valence-electron chi connectivity index (χ3n) is 3.29. The lowest BCUT2D eigenvalue weighted by Crippen LogP contribution is -2.22. The summed E-state index contributed by atoms with van der Waals surface area (Å²) in [6, 6.07) is 6.13. The van der Waals surface area contributed by atoms with E-state index < -0.39 is 0 Å². The summed E-state index contributed by atoms with van der Waals surface area (Å²) in [4.78, 5) is 0. The second-order valence-corrected chi connectivity index (χ2v) is 6.06. The van der Waals surface area contributed by atoms with Crippen molar-refractivity contribution in [1.29, 1.82) is 0 Å². The van der Waals surface area contributed by atoms with E-state index in [4.69, 9.17) is 11.6 Å². The summed E-state index contributed by atoms with van der Waals surface area (Å²) in [5.74, 6) is 0.802. The maximum Gasteiger partial charge on any atom is 0.0551 e. The van der Waals surface area contributed by atoms with Crippen LogP contribution in [0.5, 0.6) is 0 Å². The van der Waals surface area contributed by atoms with Crippen molar-refractivity contribution in [3.63, 3.8) is 0 Å². The minimum Gasteiger partial charge on any atom is -0.312 e. The third kappa shape index (κ3) is 5.73. The fourth-order valence-electron chi connectivity index (χ4n) is 2.01. The normalized spacial score (nSPS) is 12.7. The van der Waals surface area contributed by atoms with Crippen LogP contribution in [0.25, 0.3) is 0 Å². The van der Waals surface area contributed by atoms with Gasteiger partial charge in [0.15, 0.2) is 0 Å². The largest absolute Gasteiger partial charge is 0.312 e. The van der Waals surface area contributed by atoms with Crippen molar-refractivity contribution >= 4 is 27.5 Å². The molecule has 18 heavy (non-hydrogen) atoms. The summed E-state index contributed by atoms with van der Waals surface area (Å²) < 4.78 is 0.960. The molecule has 0 aliphatic heterocycles. The zero-order valence-corrected chi connectivity index (χ0v) is 13.6. The van der Waals surface area contributed by atoms with Crippen molar-refractivity contribution in [3.05, 3.63) is 33.3 Å². The highest BCUT2D eigenvalue weighted by Gasteiger charge is 2.05.